The van der Waals surface area contributed by atoms with E-state index in [0.29, 0.717) is 13.1 Å². The molecule has 0 radical (unpaired) electrons. The van der Waals surface area contributed by atoms with Crippen LogP contribution in [0.5, 0.6) is 0 Å². The monoisotopic (exact) mass is 405 g/mol. The molecule has 0 atom stereocenters. The Labute approximate surface area is 179 Å². The molecule has 2 fully saturated rings. The molecule has 5 nitrogen and oxygen atoms in total. The first-order valence-electron chi connectivity index (χ1n) is 11.1. The van der Waals surface area contributed by atoms with Gasteiger partial charge in [0.25, 0.3) is 0 Å². The zero-order chi connectivity index (χ0) is 20.8. The topological polar surface area (TPSA) is 52.7 Å². The molecule has 4 rings (SSSR count). The Hall–Kier alpha value is -2.66. The van der Waals surface area contributed by atoms with Crippen LogP contribution < -0.4 is 5.32 Å². The third-order valence-electron chi connectivity index (χ3n) is 6.40. The van der Waals surface area contributed by atoms with E-state index < -0.39 is 0 Å². The van der Waals surface area contributed by atoms with E-state index in [1.165, 1.54) is 11.1 Å². The number of nitrogens with zero attached hydrogens (tertiary/aromatic N) is 2. The fourth-order valence-corrected chi connectivity index (χ4v) is 4.72. The first-order chi connectivity index (χ1) is 14.7. The molecule has 30 heavy (non-hydrogen) atoms. The van der Waals surface area contributed by atoms with Crippen LogP contribution in [-0.4, -0.2) is 54.3 Å². The molecule has 1 N–H and O–H groups in total. The molecule has 0 bridgehead atoms. The highest BCUT2D eigenvalue weighted by Gasteiger charge is 2.29. The summed E-state index contributed by atoms with van der Waals surface area (Å²) in [5.74, 6) is 0.178. The van der Waals surface area contributed by atoms with Crippen LogP contribution in [-0.2, 0) is 9.59 Å². The Kier molecular flexibility index (Phi) is 6.80. The van der Waals surface area contributed by atoms with Gasteiger partial charge >= 0.3 is 0 Å². The third-order valence-corrected chi connectivity index (χ3v) is 6.40. The Morgan fingerprint density at radius 1 is 0.833 bits per heavy atom. The minimum absolute atomic E-state index is 0.0250. The van der Waals surface area contributed by atoms with Crippen LogP contribution >= 0.6 is 0 Å². The Balaban J connectivity index is 1.35. The van der Waals surface area contributed by atoms with E-state index in [2.05, 4.69) is 58.7 Å². The van der Waals surface area contributed by atoms with Crippen molar-refractivity contribution in [1.82, 2.24) is 15.1 Å². The number of hydrogen-bond donors (Lipinski definition) is 1. The normalized spacial score (nSPS) is 18.0. The van der Waals surface area contributed by atoms with Gasteiger partial charge in [0, 0.05) is 32.1 Å². The standard InChI is InChI=1S/C25H31N3O2/c29-23(19-26-25(30)22-13-7-8-14-22)27-15-17-28(18-16-27)24(20-9-3-1-4-10-20)21-11-5-2-6-12-21/h1-6,9-12,22,24H,7-8,13-19H2,(H,26,30). The number of piperazine rings is 1. The summed E-state index contributed by atoms with van der Waals surface area (Å²) in [4.78, 5) is 29.2. The molecule has 5 heteroatoms. The number of carbonyl (C=O) groups is 2. The van der Waals surface area contributed by atoms with Gasteiger partial charge in [0.15, 0.2) is 0 Å². The van der Waals surface area contributed by atoms with Gasteiger partial charge < -0.3 is 10.2 Å². The quantitative estimate of drug-likeness (QED) is 0.803. The fourth-order valence-electron chi connectivity index (χ4n) is 4.72. The molecule has 1 saturated carbocycles. The summed E-state index contributed by atoms with van der Waals surface area (Å²) in [6, 6.07) is 21.3. The highest BCUT2D eigenvalue weighted by Crippen LogP contribution is 2.29. The molecule has 1 aliphatic carbocycles. The van der Waals surface area contributed by atoms with Gasteiger partial charge in [0.2, 0.25) is 11.8 Å². The van der Waals surface area contributed by atoms with E-state index in [4.69, 9.17) is 0 Å². The highest BCUT2D eigenvalue weighted by molar-refractivity contribution is 5.86. The highest BCUT2D eigenvalue weighted by atomic mass is 16.2. The lowest BCUT2D eigenvalue weighted by Crippen LogP contribution is -2.52. The van der Waals surface area contributed by atoms with Gasteiger partial charge in [0.05, 0.1) is 12.6 Å². The van der Waals surface area contributed by atoms with Crippen LogP contribution in [0.2, 0.25) is 0 Å². The minimum Gasteiger partial charge on any atom is -0.347 e. The Bertz CT molecular complexity index is 786. The first kappa shape index (κ1) is 20.6. The van der Waals surface area contributed by atoms with Gasteiger partial charge in [-0.05, 0) is 24.0 Å². The number of amides is 2. The van der Waals surface area contributed by atoms with E-state index >= 15 is 0 Å². The van der Waals surface area contributed by atoms with Crippen molar-refractivity contribution < 1.29 is 9.59 Å². The van der Waals surface area contributed by atoms with Crippen molar-refractivity contribution in [3.05, 3.63) is 71.8 Å². The number of carbonyl (C=O) groups excluding carboxylic acids is 2. The van der Waals surface area contributed by atoms with Crippen molar-refractivity contribution in [2.24, 2.45) is 5.92 Å². The van der Waals surface area contributed by atoms with Crippen LogP contribution in [0.25, 0.3) is 0 Å². The van der Waals surface area contributed by atoms with E-state index in [1.807, 2.05) is 17.0 Å². The van der Waals surface area contributed by atoms with Gasteiger partial charge in [-0.3, -0.25) is 14.5 Å². The molecule has 1 saturated heterocycles. The van der Waals surface area contributed by atoms with Gasteiger partial charge in [-0.15, -0.1) is 0 Å². The molecular formula is C25H31N3O2. The average molecular weight is 406 g/mol. The Morgan fingerprint density at radius 2 is 1.37 bits per heavy atom. The van der Waals surface area contributed by atoms with E-state index in [1.54, 1.807) is 0 Å². The smallest absolute Gasteiger partial charge is 0.242 e. The molecule has 2 aromatic rings. The second kappa shape index (κ2) is 9.90. The molecule has 2 aromatic carbocycles. The third kappa shape index (κ3) is 4.90. The molecule has 0 spiro atoms. The molecule has 2 amide bonds. The van der Waals surface area contributed by atoms with E-state index in [9.17, 15) is 9.59 Å². The van der Waals surface area contributed by atoms with Gasteiger partial charge in [0.1, 0.15) is 0 Å². The second-order valence-corrected chi connectivity index (χ2v) is 8.34. The van der Waals surface area contributed by atoms with Gasteiger partial charge in [-0.2, -0.15) is 0 Å². The van der Waals surface area contributed by atoms with Gasteiger partial charge in [-0.25, -0.2) is 0 Å². The van der Waals surface area contributed by atoms with Crippen molar-refractivity contribution in [3.8, 4) is 0 Å². The predicted octanol–water partition coefficient (Wildman–Crippen LogP) is 3.23. The first-order valence-corrected chi connectivity index (χ1v) is 11.1. The maximum atomic E-state index is 12.6. The maximum Gasteiger partial charge on any atom is 0.242 e. The maximum absolute atomic E-state index is 12.6. The lowest BCUT2D eigenvalue weighted by molar-refractivity contribution is -0.135. The molecule has 158 valence electrons. The molecule has 2 aliphatic rings. The van der Waals surface area contributed by atoms with Crippen molar-refractivity contribution in [2.75, 3.05) is 32.7 Å². The summed E-state index contributed by atoms with van der Waals surface area (Å²) in [7, 11) is 0. The Morgan fingerprint density at radius 3 is 1.90 bits per heavy atom. The molecule has 0 aromatic heterocycles. The predicted molar refractivity (Wildman–Crippen MR) is 118 cm³/mol. The molecule has 0 unspecified atom stereocenters. The number of rotatable bonds is 6. The molecule has 1 heterocycles. The summed E-state index contributed by atoms with van der Waals surface area (Å²) < 4.78 is 0. The van der Waals surface area contributed by atoms with Crippen molar-refractivity contribution >= 4 is 11.8 Å². The zero-order valence-electron chi connectivity index (χ0n) is 17.5. The summed E-state index contributed by atoms with van der Waals surface area (Å²) in [6.45, 7) is 3.13. The minimum atomic E-state index is 0.0250. The molecular weight excluding hydrogens is 374 g/mol. The largest absolute Gasteiger partial charge is 0.347 e. The lowest BCUT2D eigenvalue weighted by Gasteiger charge is -2.39. The van der Waals surface area contributed by atoms with E-state index in [-0.39, 0.29) is 30.3 Å². The van der Waals surface area contributed by atoms with Crippen molar-refractivity contribution in [1.29, 1.82) is 0 Å². The van der Waals surface area contributed by atoms with E-state index in [0.717, 1.165) is 38.8 Å². The zero-order valence-corrected chi connectivity index (χ0v) is 17.5. The molecule has 1 aliphatic heterocycles. The average Bonchev–Trinajstić information content (AvgIpc) is 3.35. The summed E-state index contributed by atoms with van der Waals surface area (Å²) in [5, 5.41) is 2.86. The SMILES string of the molecule is O=C(NCC(=O)N1CCN(C(c2ccccc2)c2ccccc2)CC1)C1CCCC1. The second-order valence-electron chi connectivity index (χ2n) is 8.34. The summed E-state index contributed by atoms with van der Waals surface area (Å²) in [6.07, 6.45) is 4.16. The van der Waals surface area contributed by atoms with Crippen LogP contribution in [0.4, 0.5) is 0 Å². The van der Waals surface area contributed by atoms with Gasteiger partial charge in [-0.1, -0.05) is 73.5 Å². The van der Waals surface area contributed by atoms with Crippen LogP contribution in [0.15, 0.2) is 60.7 Å². The fraction of sp³-hybridized carbons (Fsp3) is 0.440. The lowest BCUT2D eigenvalue weighted by atomic mass is 9.96. The summed E-state index contributed by atoms with van der Waals surface area (Å²) >= 11 is 0. The number of nitrogens with one attached hydrogen (secondary N) is 1. The van der Waals surface area contributed by atoms with Crippen LogP contribution in [0.1, 0.15) is 42.9 Å². The van der Waals surface area contributed by atoms with Crippen molar-refractivity contribution in [3.63, 3.8) is 0 Å². The summed E-state index contributed by atoms with van der Waals surface area (Å²) in [5.41, 5.74) is 2.54. The number of benzene rings is 2. The van der Waals surface area contributed by atoms with Crippen LogP contribution in [0, 0.1) is 5.92 Å². The van der Waals surface area contributed by atoms with Crippen LogP contribution in [0.3, 0.4) is 0 Å². The van der Waals surface area contributed by atoms with Crippen molar-refractivity contribution in [2.45, 2.75) is 31.7 Å². The number of hydrogen-bond acceptors (Lipinski definition) is 3.